The van der Waals surface area contributed by atoms with Gasteiger partial charge in [-0.25, -0.2) is 0 Å². The number of nitrogens with two attached hydrogens (primary N) is 1. The standard InChI is InChI=1S/C12H28N4O2S/c1-12(2)14(3)19(17,18)16-9-5-8-15(10-11-16)7-4-6-13/h12H,4-11,13H2,1-3H3. The van der Waals surface area contributed by atoms with Crippen LogP contribution in [0.4, 0.5) is 0 Å². The monoisotopic (exact) mass is 292 g/mol. The van der Waals surface area contributed by atoms with E-state index in [1.54, 1.807) is 11.4 Å². The van der Waals surface area contributed by atoms with E-state index in [-0.39, 0.29) is 6.04 Å². The lowest BCUT2D eigenvalue weighted by atomic mass is 10.3. The summed E-state index contributed by atoms with van der Waals surface area (Å²) in [4.78, 5) is 2.30. The minimum absolute atomic E-state index is 0.0124. The van der Waals surface area contributed by atoms with Crippen LogP contribution in [0.25, 0.3) is 0 Å². The third-order valence-corrected chi connectivity index (χ3v) is 5.81. The number of nitrogens with zero attached hydrogens (tertiary/aromatic N) is 3. The Hall–Kier alpha value is -0.210. The second kappa shape index (κ2) is 7.54. The van der Waals surface area contributed by atoms with Crippen LogP contribution in [0.1, 0.15) is 26.7 Å². The molecule has 0 amide bonds. The minimum atomic E-state index is -3.31. The molecular weight excluding hydrogens is 264 g/mol. The molecule has 1 aliphatic rings. The van der Waals surface area contributed by atoms with Crippen molar-refractivity contribution >= 4 is 10.2 Å². The van der Waals surface area contributed by atoms with Gasteiger partial charge in [-0.05, 0) is 46.3 Å². The van der Waals surface area contributed by atoms with E-state index in [1.807, 2.05) is 13.8 Å². The number of rotatable bonds is 6. The molecule has 0 bridgehead atoms. The average molecular weight is 292 g/mol. The van der Waals surface area contributed by atoms with Gasteiger partial charge in [0.05, 0.1) is 0 Å². The van der Waals surface area contributed by atoms with E-state index < -0.39 is 10.2 Å². The Labute approximate surface area is 117 Å². The molecule has 1 heterocycles. The predicted molar refractivity (Wildman–Crippen MR) is 78.1 cm³/mol. The zero-order chi connectivity index (χ0) is 14.5. The Kier molecular flexibility index (Phi) is 6.68. The Morgan fingerprint density at radius 1 is 1.21 bits per heavy atom. The third kappa shape index (κ3) is 4.68. The lowest BCUT2D eigenvalue weighted by Crippen LogP contribution is -2.46. The molecule has 0 aromatic rings. The highest BCUT2D eigenvalue weighted by Crippen LogP contribution is 2.13. The summed E-state index contributed by atoms with van der Waals surface area (Å²) in [6.07, 6.45) is 1.86. The van der Waals surface area contributed by atoms with E-state index in [0.717, 1.165) is 32.5 Å². The predicted octanol–water partition coefficient (Wildman–Crippen LogP) is -0.0721. The molecule has 0 aliphatic carbocycles. The van der Waals surface area contributed by atoms with Crippen molar-refractivity contribution in [2.45, 2.75) is 32.7 Å². The summed E-state index contributed by atoms with van der Waals surface area (Å²) in [5, 5.41) is 0. The highest BCUT2D eigenvalue weighted by Gasteiger charge is 2.29. The highest BCUT2D eigenvalue weighted by atomic mass is 32.2. The van der Waals surface area contributed by atoms with Crippen molar-refractivity contribution in [2.75, 3.05) is 46.3 Å². The van der Waals surface area contributed by atoms with Gasteiger partial charge < -0.3 is 10.6 Å². The van der Waals surface area contributed by atoms with Crippen LogP contribution in [0.2, 0.25) is 0 Å². The first-order valence-electron chi connectivity index (χ1n) is 7.05. The molecule has 6 nitrogen and oxygen atoms in total. The van der Waals surface area contributed by atoms with Crippen molar-refractivity contribution in [3.63, 3.8) is 0 Å². The van der Waals surface area contributed by atoms with Gasteiger partial charge in [0.25, 0.3) is 10.2 Å². The van der Waals surface area contributed by atoms with Gasteiger partial charge in [-0.15, -0.1) is 0 Å². The second-order valence-electron chi connectivity index (χ2n) is 5.35. The Morgan fingerprint density at radius 2 is 1.89 bits per heavy atom. The second-order valence-corrected chi connectivity index (χ2v) is 7.34. The molecule has 0 unspecified atom stereocenters. The van der Waals surface area contributed by atoms with E-state index in [4.69, 9.17) is 5.73 Å². The Balaban J connectivity index is 2.61. The fourth-order valence-electron chi connectivity index (χ4n) is 2.17. The van der Waals surface area contributed by atoms with Gasteiger partial charge in [-0.3, -0.25) is 0 Å². The van der Waals surface area contributed by atoms with Gasteiger partial charge in [0.1, 0.15) is 0 Å². The van der Waals surface area contributed by atoms with Crippen molar-refractivity contribution in [3.05, 3.63) is 0 Å². The molecule has 0 atom stereocenters. The number of hydrogen-bond donors (Lipinski definition) is 1. The zero-order valence-electron chi connectivity index (χ0n) is 12.4. The van der Waals surface area contributed by atoms with Crippen molar-refractivity contribution in [1.82, 2.24) is 13.5 Å². The minimum Gasteiger partial charge on any atom is -0.330 e. The normalized spacial score (nSPS) is 20.1. The molecule has 2 N–H and O–H groups in total. The summed E-state index contributed by atoms with van der Waals surface area (Å²) in [6, 6.07) is -0.0124. The lowest BCUT2D eigenvalue weighted by Gasteiger charge is -2.28. The van der Waals surface area contributed by atoms with Crippen molar-refractivity contribution in [1.29, 1.82) is 0 Å². The highest BCUT2D eigenvalue weighted by molar-refractivity contribution is 7.86. The van der Waals surface area contributed by atoms with Gasteiger partial charge in [-0.2, -0.15) is 17.0 Å². The molecule has 19 heavy (non-hydrogen) atoms. The lowest BCUT2D eigenvalue weighted by molar-refractivity contribution is 0.281. The van der Waals surface area contributed by atoms with E-state index in [2.05, 4.69) is 4.90 Å². The molecule has 0 spiro atoms. The summed E-state index contributed by atoms with van der Waals surface area (Å²) in [7, 11) is -1.66. The van der Waals surface area contributed by atoms with Crippen LogP contribution < -0.4 is 5.73 Å². The molecule has 1 fully saturated rings. The molecule has 1 saturated heterocycles. The van der Waals surface area contributed by atoms with Gasteiger partial charge in [0.2, 0.25) is 0 Å². The summed E-state index contributed by atoms with van der Waals surface area (Å²) < 4.78 is 27.9. The van der Waals surface area contributed by atoms with Crippen LogP contribution >= 0.6 is 0 Å². The van der Waals surface area contributed by atoms with E-state index in [9.17, 15) is 8.42 Å². The summed E-state index contributed by atoms with van der Waals surface area (Å²) in [6.45, 7) is 8.37. The number of hydrogen-bond acceptors (Lipinski definition) is 4. The molecule has 0 radical (unpaired) electrons. The molecule has 0 saturated carbocycles. The molecule has 1 aliphatic heterocycles. The van der Waals surface area contributed by atoms with Crippen molar-refractivity contribution < 1.29 is 8.42 Å². The molecule has 114 valence electrons. The van der Waals surface area contributed by atoms with Crippen molar-refractivity contribution in [2.24, 2.45) is 5.73 Å². The van der Waals surface area contributed by atoms with Crippen LogP contribution in [0.3, 0.4) is 0 Å². The smallest absolute Gasteiger partial charge is 0.282 e. The van der Waals surface area contributed by atoms with Crippen LogP contribution in [-0.4, -0.2) is 74.3 Å². The van der Waals surface area contributed by atoms with E-state index in [0.29, 0.717) is 19.6 Å². The maximum Gasteiger partial charge on any atom is 0.282 e. The maximum atomic E-state index is 12.4. The van der Waals surface area contributed by atoms with E-state index >= 15 is 0 Å². The summed E-state index contributed by atoms with van der Waals surface area (Å²) in [5.74, 6) is 0. The van der Waals surface area contributed by atoms with Gasteiger partial charge in [-0.1, -0.05) is 0 Å². The molecule has 7 heteroatoms. The topological polar surface area (TPSA) is 69.9 Å². The quantitative estimate of drug-likeness (QED) is 0.744. The Bertz CT molecular complexity index is 359. The first-order chi connectivity index (χ1) is 8.89. The largest absolute Gasteiger partial charge is 0.330 e. The molecule has 0 aromatic carbocycles. The van der Waals surface area contributed by atoms with E-state index in [1.165, 1.54) is 4.31 Å². The SMILES string of the molecule is CC(C)N(C)S(=O)(=O)N1CCCN(CCCN)CC1. The van der Waals surface area contributed by atoms with Gasteiger partial charge in [0, 0.05) is 32.7 Å². The molecule has 0 aromatic heterocycles. The molecular formula is C12H28N4O2S. The fourth-order valence-corrected chi connectivity index (χ4v) is 3.73. The summed E-state index contributed by atoms with van der Waals surface area (Å²) >= 11 is 0. The first kappa shape index (κ1) is 16.8. The average Bonchev–Trinajstić information content (AvgIpc) is 2.61. The third-order valence-electron chi connectivity index (χ3n) is 3.64. The zero-order valence-corrected chi connectivity index (χ0v) is 13.2. The van der Waals surface area contributed by atoms with Gasteiger partial charge >= 0.3 is 0 Å². The Morgan fingerprint density at radius 3 is 2.47 bits per heavy atom. The molecule has 1 rings (SSSR count). The van der Waals surface area contributed by atoms with Crippen LogP contribution in [0.15, 0.2) is 0 Å². The van der Waals surface area contributed by atoms with Crippen LogP contribution in [0.5, 0.6) is 0 Å². The van der Waals surface area contributed by atoms with Gasteiger partial charge in [0.15, 0.2) is 0 Å². The fraction of sp³-hybridized carbons (Fsp3) is 1.00. The van der Waals surface area contributed by atoms with Crippen LogP contribution in [-0.2, 0) is 10.2 Å². The first-order valence-corrected chi connectivity index (χ1v) is 8.44. The maximum absolute atomic E-state index is 12.4. The summed E-state index contributed by atoms with van der Waals surface area (Å²) in [5.41, 5.74) is 5.51. The van der Waals surface area contributed by atoms with Crippen LogP contribution in [0, 0.1) is 0 Å². The van der Waals surface area contributed by atoms with Crippen molar-refractivity contribution in [3.8, 4) is 0 Å².